The van der Waals surface area contributed by atoms with Crippen molar-refractivity contribution in [3.8, 4) is 0 Å². The summed E-state index contributed by atoms with van der Waals surface area (Å²) in [6.45, 7) is 3.62. The van der Waals surface area contributed by atoms with Gasteiger partial charge in [0.1, 0.15) is 15.5 Å². The third kappa shape index (κ3) is 3.54. The van der Waals surface area contributed by atoms with Crippen LogP contribution in [0.3, 0.4) is 0 Å². The minimum atomic E-state index is -0.490. The lowest BCUT2D eigenvalue weighted by Crippen LogP contribution is -2.10. The first kappa shape index (κ1) is 18.3. The molecule has 0 aliphatic rings. The fourth-order valence-corrected chi connectivity index (χ4v) is 3.75. The highest BCUT2D eigenvalue weighted by Gasteiger charge is 2.20. The number of aromatic nitrogens is 2. The molecule has 0 radical (unpaired) electrons. The molecular formula is C18H14ClFN2O3S. The summed E-state index contributed by atoms with van der Waals surface area (Å²) < 4.78 is 18.3. The largest absolute Gasteiger partial charge is 0.462 e. The van der Waals surface area contributed by atoms with Crippen molar-refractivity contribution in [2.75, 3.05) is 6.61 Å². The average molecular weight is 393 g/mol. The zero-order chi connectivity index (χ0) is 18.8. The van der Waals surface area contributed by atoms with Crippen LogP contribution < -0.4 is 5.56 Å². The van der Waals surface area contributed by atoms with E-state index in [0.29, 0.717) is 26.2 Å². The number of halogens is 2. The van der Waals surface area contributed by atoms with Gasteiger partial charge in [0.25, 0.3) is 5.56 Å². The first-order chi connectivity index (χ1) is 12.4. The molecule has 0 amide bonds. The van der Waals surface area contributed by atoms with Gasteiger partial charge in [-0.2, -0.15) is 0 Å². The third-order valence-corrected chi connectivity index (χ3v) is 5.08. The number of nitrogens with zero attached hydrogens (tertiary/aromatic N) is 1. The summed E-state index contributed by atoms with van der Waals surface area (Å²) in [5, 5.41) is 0.482. The van der Waals surface area contributed by atoms with Crippen LogP contribution in [0.15, 0.2) is 29.1 Å². The number of carbonyl (C=O) groups excluding carboxylic acids is 1. The van der Waals surface area contributed by atoms with Crippen molar-refractivity contribution in [2.45, 2.75) is 13.8 Å². The average Bonchev–Trinajstić information content (AvgIpc) is 2.92. The number of aromatic amines is 1. The molecule has 0 aliphatic heterocycles. The lowest BCUT2D eigenvalue weighted by molar-refractivity contribution is 0.0531. The number of nitrogens with one attached hydrogen (secondary N) is 1. The molecule has 134 valence electrons. The predicted octanol–water partition coefficient (Wildman–Crippen LogP) is 4.35. The second-order valence-electron chi connectivity index (χ2n) is 5.42. The minimum absolute atomic E-state index is 0.144. The summed E-state index contributed by atoms with van der Waals surface area (Å²) in [6.07, 6.45) is 1.50. The molecular weight excluding hydrogens is 379 g/mol. The first-order valence-corrected chi connectivity index (χ1v) is 8.93. The molecule has 1 N–H and O–H groups in total. The number of hydrogen-bond donors (Lipinski definition) is 1. The summed E-state index contributed by atoms with van der Waals surface area (Å²) in [7, 11) is 0. The van der Waals surface area contributed by atoms with Gasteiger partial charge in [0.15, 0.2) is 5.82 Å². The van der Waals surface area contributed by atoms with Crippen LogP contribution in [-0.4, -0.2) is 22.5 Å². The second-order valence-corrected chi connectivity index (χ2v) is 6.82. The molecule has 0 saturated carbocycles. The molecule has 1 aromatic carbocycles. The van der Waals surface area contributed by atoms with Gasteiger partial charge >= 0.3 is 5.97 Å². The Balaban J connectivity index is 2.08. The van der Waals surface area contributed by atoms with E-state index in [4.69, 9.17) is 16.3 Å². The van der Waals surface area contributed by atoms with Gasteiger partial charge in [-0.05, 0) is 43.2 Å². The van der Waals surface area contributed by atoms with E-state index in [-0.39, 0.29) is 17.5 Å². The van der Waals surface area contributed by atoms with Gasteiger partial charge in [0, 0.05) is 0 Å². The highest BCUT2D eigenvalue weighted by atomic mass is 35.5. The van der Waals surface area contributed by atoms with Crippen LogP contribution in [-0.2, 0) is 4.74 Å². The van der Waals surface area contributed by atoms with E-state index in [1.807, 2.05) is 0 Å². The Hall–Kier alpha value is -2.51. The number of H-pyrrole nitrogens is 1. The van der Waals surface area contributed by atoms with E-state index in [1.165, 1.54) is 18.2 Å². The maximum atomic E-state index is 13.3. The molecule has 0 fully saturated rings. The molecule has 0 unspecified atom stereocenters. The van der Waals surface area contributed by atoms with Gasteiger partial charge in [-0.15, -0.1) is 11.3 Å². The number of hydrogen-bond acceptors (Lipinski definition) is 5. The Labute approximate surface area is 157 Å². The lowest BCUT2D eigenvalue weighted by Gasteiger charge is -2.00. The number of benzene rings is 1. The van der Waals surface area contributed by atoms with Crippen molar-refractivity contribution in [1.82, 2.24) is 9.97 Å². The lowest BCUT2D eigenvalue weighted by atomic mass is 10.2. The van der Waals surface area contributed by atoms with Gasteiger partial charge in [0.05, 0.1) is 17.0 Å². The van der Waals surface area contributed by atoms with E-state index in [1.54, 1.807) is 26.0 Å². The van der Waals surface area contributed by atoms with E-state index >= 15 is 0 Å². The molecule has 26 heavy (non-hydrogen) atoms. The number of fused-ring (bicyclic) bond motifs is 1. The van der Waals surface area contributed by atoms with Crippen molar-refractivity contribution in [1.29, 1.82) is 0 Å². The Morgan fingerprint density at radius 1 is 1.46 bits per heavy atom. The van der Waals surface area contributed by atoms with E-state index < -0.39 is 17.3 Å². The Morgan fingerprint density at radius 2 is 2.23 bits per heavy atom. The number of carbonyl (C=O) groups is 1. The van der Waals surface area contributed by atoms with Crippen molar-refractivity contribution >= 4 is 50.2 Å². The van der Waals surface area contributed by atoms with Gasteiger partial charge in [0.2, 0.25) is 0 Å². The van der Waals surface area contributed by atoms with Crippen molar-refractivity contribution in [2.24, 2.45) is 0 Å². The Bertz CT molecular complexity index is 1090. The van der Waals surface area contributed by atoms with Crippen LogP contribution in [0, 0.1) is 12.7 Å². The first-order valence-electron chi connectivity index (χ1n) is 7.74. The number of esters is 1. The van der Waals surface area contributed by atoms with Crippen molar-refractivity contribution in [3.05, 3.63) is 62.3 Å². The number of thiophene rings is 1. The minimum Gasteiger partial charge on any atom is -0.462 e. The topological polar surface area (TPSA) is 72.0 Å². The summed E-state index contributed by atoms with van der Waals surface area (Å²) in [6, 6.07) is 5.87. The zero-order valence-corrected chi connectivity index (χ0v) is 15.5. The molecule has 0 spiro atoms. The normalized spacial score (nSPS) is 11.8. The van der Waals surface area contributed by atoms with Crippen molar-refractivity contribution < 1.29 is 13.9 Å². The quantitative estimate of drug-likeness (QED) is 0.670. The Morgan fingerprint density at radius 3 is 2.92 bits per heavy atom. The highest BCUT2D eigenvalue weighted by molar-refractivity contribution is 7.20. The van der Waals surface area contributed by atoms with Crippen LogP contribution in [0.1, 0.15) is 33.5 Å². The zero-order valence-electron chi connectivity index (χ0n) is 13.9. The smallest absolute Gasteiger partial charge is 0.348 e. The SMILES string of the molecule is CCOC(=O)c1sc2nc(/C(Cl)=C/c3cccc(F)c3)[nH]c(=O)c2c1C. The molecule has 0 bridgehead atoms. The number of rotatable bonds is 4. The van der Waals surface area contributed by atoms with Gasteiger partial charge in [-0.25, -0.2) is 14.2 Å². The third-order valence-electron chi connectivity index (χ3n) is 3.63. The highest BCUT2D eigenvalue weighted by Crippen LogP contribution is 2.29. The fourth-order valence-electron chi connectivity index (χ4n) is 2.46. The predicted molar refractivity (Wildman–Crippen MR) is 101 cm³/mol. The summed E-state index contributed by atoms with van der Waals surface area (Å²) in [5.41, 5.74) is 0.654. The van der Waals surface area contributed by atoms with Crippen LogP contribution in [0.2, 0.25) is 0 Å². The van der Waals surface area contributed by atoms with Gasteiger partial charge in [-0.1, -0.05) is 23.7 Å². The van der Waals surface area contributed by atoms with Crippen molar-refractivity contribution in [3.63, 3.8) is 0 Å². The summed E-state index contributed by atoms with van der Waals surface area (Å²) in [5.74, 6) is -0.742. The summed E-state index contributed by atoms with van der Waals surface area (Å²) in [4.78, 5) is 32.1. The number of aryl methyl sites for hydroxylation is 1. The molecule has 5 nitrogen and oxygen atoms in total. The molecule has 2 aromatic heterocycles. The molecule has 0 aliphatic carbocycles. The molecule has 0 saturated heterocycles. The standard InChI is InChI=1S/C18H14ClFN2O3S/c1-3-25-18(24)14-9(2)13-16(23)21-15(22-17(13)26-14)12(19)8-10-5-4-6-11(20)7-10/h4-8H,3H2,1-2H3,(H,21,22,23)/b12-8-. The monoisotopic (exact) mass is 392 g/mol. The van der Waals surface area contributed by atoms with Crippen LogP contribution >= 0.6 is 22.9 Å². The second kappa shape index (κ2) is 7.39. The number of ether oxygens (including phenoxy) is 1. The maximum absolute atomic E-state index is 13.3. The van der Waals surface area contributed by atoms with Gasteiger partial charge in [-0.3, -0.25) is 4.79 Å². The summed E-state index contributed by atoms with van der Waals surface area (Å²) >= 11 is 7.32. The van der Waals surface area contributed by atoms with Crippen LogP contribution in [0.5, 0.6) is 0 Å². The Kier molecular flexibility index (Phi) is 5.20. The molecule has 3 rings (SSSR count). The fraction of sp³-hybridized carbons (Fsp3) is 0.167. The van der Waals surface area contributed by atoms with Gasteiger partial charge < -0.3 is 9.72 Å². The van der Waals surface area contributed by atoms with E-state index in [9.17, 15) is 14.0 Å². The van der Waals surface area contributed by atoms with E-state index in [2.05, 4.69) is 9.97 Å². The molecule has 2 heterocycles. The van der Waals surface area contributed by atoms with Crippen LogP contribution in [0.25, 0.3) is 21.3 Å². The maximum Gasteiger partial charge on any atom is 0.348 e. The molecule has 3 aromatic rings. The molecule has 8 heteroatoms. The van der Waals surface area contributed by atoms with Crippen LogP contribution in [0.4, 0.5) is 4.39 Å². The van der Waals surface area contributed by atoms with E-state index in [0.717, 1.165) is 11.3 Å². The molecule has 0 atom stereocenters.